The largest absolute Gasteiger partial charge is 1.00 e. The third-order valence-corrected chi connectivity index (χ3v) is 5.14. The van der Waals surface area contributed by atoms with Gasteiger partial charge in [-0.1, -0.05) is 42.5 Å². The van der Waals surface area contributed by atoms with Gasteiger partial charge in [0.15, 0.2) is 4.80 Å². The molecule has 25 heavy (non-hydrogen) atoms. The number of aryl methyl sites for hydroxylation is 1. The van der Waals surface area contributed by atoms with Gasteiger partial charge in [0.1, 0.15) is 0 Å². The first-order valence-electron chi connectivity index (χ1n) is 7.65. The number of carboxylic acid groups (broad SMARTS) is 1. The van der Waals surface area contributed by atoms with Crippen LogP contribution in [0.15, 0.2) is 53.5 Å². The minimum absolute atomic E-state index is 0. The second-order valence-corrected chi connectivity index (χ2v) is 6.93. The molecule has 4 nitrogen and oxygen atoms in total. The fourth-order valence-corrected chi connectivity index (χ4v) is 3.78. The summed E-state index contributed by atoms with van der Waals surface area (Å²) in [5, 5.41) is 10.9. The third-order valence-electron chi connectivity index (χ3n) is 3.88. The summed E-state index contributed by atoms with van der Waals surface area (Å²) in [6, 6.07) is 15.4. The summed E-state index contributed by atoms with van der Waals surface area (Å²) >= 11 is 5.97. The van der Waals surface area contributed by atoms with E-state index >= 15 is 0 Å². The fourth-order valence-electron chi connectivity index (χ4n) is 2.51. The number of para-hydroxylation sites is 1. The molecule has 0 fully saturated rings. The molecule has 1 heterocycles. The van der Waals surface area contributed by atoms with Crippen molar-refractivity contribution >= 4 is 45.8 Å². The molecule has 1 atom stereocenters. The van der Waals surface area contributed by atoms with Gasteiger partial charge in [0.2, 0.25) is 0 Å². The average molecular weight is 380 g/mol. The van der Waals surface area contributed by atoms with Gasteiger partial charge in [0.05, 0.1) is 15.9 Å². The quantitative estimate of drug-likeness (QED) is 0.489. The van der Waals surface area contributed by atoms with E-state index in [0.29, 0.717) is 5.56 Å². The number of fused-ring (bicyclic) bond motifs is 1. The van der Waals surface area contributed by atoms with Crippen LogP contribution in [0.3, 0.4) is 0 Å². The van der Waals surface area contributed by atoms with E-state index in [1.165, 1.54) is 4.70 Å². The minimum atomic E-state index is -1.07. The molecule has 0 saturated heterocycles. The molecule has 7 heteroatoms. The SMILES string of the molecule is CC(C(=O)[O-])c1ccc(N=c2sc3ccccc3n2CCS)cc1.[Na+]. The number of aliphatic carboxylic acids is 1. The first kappa shape index (κ1) is 20.3. The second-order valence-electron chi connectivity index (χ2n) is 5.47. The molecule has 124 valence electrons. The van der Waals surface area contributed by atoms with Gasteiger partial charge in [0, 0.05) is 24.2 Å². The predicted molar refractivity (Wildman–Crippen MR) is 98.8 cm³/mol. The Morgan fingerprint density at radius 3 is 2.56 bits per heavy atom. The molecular formula is C18H17N2NaO2S2. The summed E-state index contributed by atoms with van der Waals surface area (Å²) in [4.78, 5) is 16.6. The minimum Gasteiger partial charge on any atom is -0.550 e. The molecular weight excluding hydrogens is 363 g/mol. The van der Waals surface area contributed by atoms with Crippen LogP contribution in [0.25, 0.3) is 10.2 Å². The van der Waals surface area contributed by atoms with Crippen LogP contribution in [-0.2, 0) is 11.3 Å². The van der Waals surface area contributed by atoms with Crippen LogP contribution < -0.4 is 39.5 Å². The van der Waals surface area contributed by atoms with Crippen molar-refractivity contribution in [1.82, 2.24) is 4.57 Å². The molecule has 1 aromatic heterocycles. The molecule has 0 amide bonds. The Morgan fingerprint density at radius 1 is 1.24 bits per heavy atom. The van der Waals surface area contributed by atoms with Crippen LogP contribution in [0.2, 0.25) is 0 Å². The summed E-state index contributed by atoms with van der Waals surface area (Å²) in [6.07, 6.45) is 0. The van der Waals surface area contributed by atoms with Crippen LogP contribution in [-0.4, -0.2) is 16.3 Å². The van der Waals surface area contributed by atoms with Crippen molar-refractivity contribution in [3.05, 3.63) is 58.9 Å². The average Bonchev–Trinajstić information content (AvgIpc) is 2.93. The summed E-state index contributed by atoms with van der Waals surface area (Å²) in [5.74, 6) is -0.969. The summed E-state index contributed by atoms with van der Waals surface area (Å²) in [7, 11) is 0. The normalized spacial score (nSPS) is 12.8. The van der Waals surface area contributed by atoms with Crippen molar-refractivity contribution in [3.8, 4) is 0 Å². The van der Waals surface area contributed by atoms with Crippen LogP contribution in [0.5, 0.6) is 0 Å². The van der Waals surface area contributed by atoms with Crippen molar-refractivity contribution in [3.63, 3.8) is 0 Å². The molecule has 3 rings (SSSR count). The van der Waals surface area contributed by atoms with Crippen molar-refractivity contribution in [2.45, 2.75) is 19.4 Å². The number of carbonyl (C=O) groups excluding carboxylic acids is 1. The van der Waals surface area contributed by atoms with E-state index in [-0.39, 0.29) is 29.6 Å². The van der Waals surface area contributed by atoms with Gasteiger partial charge >= 0.3 is 29.6 Å². The van der Waals surface area contributed by atoms with Crippen molar-refractivity contribution in [1.29, 1.82) is 0 Å². The number of thiol groups is 1. The summed E-state index contributed by atoms with van der Waals surface area (Å²) in [5.41, 5.74) is 2.66. The maximum atomic E-state index is 10.9. The monoisotopic (exact) mass is 380 g/mol. The zero-order valence-electron chi connectivity index (χ0n) is 14.2. The Hall–Kier alpha value is -1.05. The van der Waals surface area contributed by atoms with Gasteiger partial charge in [-0.3, -0.25) is 0 Å². The molecule has 1 unspecified atom stereocenters. The molecule has 0 N–H and O–H groups in total. The molecule has 0 aliphatic rings. The molecule has 0 aliphatic heterocycles. The van der Waals surface area contributed by atoms with E-state index in [4.69, 9.17) is 4.99 Å². The number of nitrogens with zero attached hydrogens (tertiary/aromatic N) is 2. The zero-order chi connectivity index (χ0) is 17.1. The number of thiazole rings is 1. The van der Waals surface area contributed by atoms with E-state index in [1.54, 1.807) is 30.4 Å². The number of hydrogen-bond acceptors (Lipinski definition) is 5. The van der Waals surface area contributed by atoms with Gasteiger partial charge in [-0.2, -0.15) is 12.6 Å². The molecule has 0 bridgehead atoms. The van der Waals surface area contributed by atoms with E-state index in [1.807, 2.05) is 24.3 Å². The number of rotatable bonds is 5. The molecule has 0 radical (unpaired) electrons. The van der Waals surface area contributed by atoms with E-state index in [9.17, 15) is 9.90 Å². The Morgan fingerprint density at radius 2 is 1.92 bits per heavy atom. The van der Waals surface area contributed by atoms with Crippen LogP contribution >= 0.6 is 24.0 Å². The molecule has 2 aromatic carbocycles. The third kappa shape index (κ3) is 4.57. The molecule has 0 spiro atoms. The van der Waals surface area contributed by atoms with Crippen LogP contribution in [0, 0.1) is 0 Å². The smallest absolute Gasteiger partial charge is 0.550 e. The van der Waals surface area contributed by atoms with E-state index < -0.39 is 11.9 Å². The first-order chi connectivity index (χ1) is 11.6. The van der Waals surface area contributed by atoms with Crippen molar-refractivity contribution in [2.24, 2.45) is 4.99 Å². The molecule has 0 saturated carbocycles. The maximum absolute atomic E-state index is 10.9. The Balaban J connectivity index is 0.00000225. The molecule has 0 aliphatic carbocycles. The zero-order valence-corrected chi connectivity index (χ0v) is 17.9. The van der Waals surface area contributed by atoms with Gasteiger partial charge in [-0.05, 0) is 29.8 Å². The van der Waals surface area contributed by atoms with Gasteiger partial charge in [-0.25, -0.2) is 4.99 Å². The summed E-state index contributed by atoms with van der Waals surface area (Å²) in [6.45, 7) is 2.40. The van der Waals surface area contributed by atoms with Crippen molar-refractivity contribution in [2.75, 3.05) is 5.75 Å². The summed E-state index contributed by atoms with van der Waals surface area (Å²) < 4.78 is 3.34. The maximum Gasteiger partial charge on any atom is 1.00 e. The molecule has 3 aromatic rings. The Bertz CT molecular complexity index is 932. The topological polar surface area (TPSA) is 57.4 Å². The number of carboxylic acids is 1. The Kier molecular flexibility index (Phi) is 7.34. The fraction of sp³-hybridized carbons (Fsp3) is 0.222. The predicted octanol–water partition coefficient (Wildman–Crippen LogP) is -0.278. The number of aromatic nitrogens is 1. The van der Waals surface area contributed by atoms with Gasteiger partial charge in [0.25, 0.3) is 0 Å². The standard InChI is InChI=1S/C18H18N2O2S2.Na/c1-12(17(21)22)13-6-8-14(9-7-13)19-18-20(10-11-23)15-4-2-3-5-16(15)24-18;/h2-9,12,23H,10-11H2,1H3,(H,21,22);/q;+1/p-1. The van der Waals surface area contributed by atoms with E-state index in [0.717, 1.165) is 28.3 Å². The van der Waals surface area contributed by atoms with Crippen LogP contribution in [0.4, 0.5) is 5.69 Å². The van der Waals surface area contributed by atoms with Crippen molar-refractivity contribution < 1.29 is 39.5 Å². The first-order valence-corrected chi connectivity index (χ1v) is 9.10. The van der Waals surface area contributed by atoms with Gasteiger partial charge in [-0.15, -0.1) is 0 Å². The van der Waals surface area contributed by atoms with E-state index in [2.05, 4.69) is 29.3 Å². The number of benzene rings is 2. The second kappa shape index (κ2) is 9.05. The Labute approximate surface area is 177 Å². The van der Waals surface area contributed by atoms with Crippen LogP contribution in [0.1, 0.15) is 18.4 Å². The number of carbonyl (C=O) groups is 1. The van der Waals surface area contributed by atoms with Gasteiger partial charge < -0.3 is 14.5 Å². The number of hydrogen-bond donors (Lipinski definition) is 1.